The standard InChI is InChI=1S/C26H26FN3O3S/c1-16-22-13-19(7-10-25(22)34(32,33)30(16)12-11-26(31)28-2)17-3-5-18(6-4-17)23-15-29-24-14-20(27)8-9-21(23)24/h3-10,13-16,29,32-33H,11-12H2,1-2H3,(H,28,31). The number of benzene rings is 3. The van der Waals surface area contributed by atoms with Crippen molar-refractivity contribution >= 4 is 27.6 Å². The van der Waals surface area contributed by atoms with E-state index in [2.05, 4.69) is 10.3 Å². The Balaban J connectivity index is 1.43. The zero-order chi connectivity index (χ0) is 24.0. The first-order valence-corrected chi connectivity index (χ1v) is 12.6. The Hall–Kier alpha value is -3.17. The topological polar surface area (TPSA) is 88.6 Å². The van der Waals surface area contributed by atoms with Crippen LogP contribution in [0.3, 0.4) is 0 Å². The van der Waals surface area contributed by atoms with Crippen LogP contribution < -0.4 is 5.32 Å². The number of carbonyl (C=O) groups excluding carboxylic acids is 1. The number of nitrogens with one attached hydrogen (secondary N) is 2. The summed E-state index contributed by atoms with van der Waals surface area (Å²) in [6.07, 6.45) is 2.08. The lowest BCUT2D eigenvalue weighted by Gasteiger charge is -2.39. The zero-order valence-corrected chi connectivity index (χ0v) is 19.7. The average Bonchev–Trinajstić information content (AvgIpc) is 3.33. The fourth-order valence-corrected chi connectivity index (χ4v) is 6.59. The van der Waals surface area contributed by atoms with E-state index in [1.165, 1.54) is 12.1 Å². The lowest BCUT2D eigenvalue weighted by molar-refractivity contribution is -0.120. The normalized spacial score (nSPS) is 18.1. The van der Waals surface area contributed by atoms with Crippen LogP contribution in [-0.4, -0.2) is 37.9 Å². The van der Waals surface area contributed by atoms with E-state index in [-0.39, 0.29) is 30.7 Å². The van der Waals surface area contributed by atoms with Crippen LogP contribution in [0.1, 0.15) is 24.9 Å². The molecule has 4 N–H and O–H groups in total. The smallest absolute Gasteiger partial charge is 0.221 e. The van der Waals surface area contributed by atoms with Crippen LogP contribution in [0, 0.1) is 5.82 Å². The highest BCUT2D eigenvalue weighted by Crippen LogP contribution is 2.63. The molecule has 34 heavy (non-hydrogen) atoms. The SMILES string of the molecule is CNC(=O)CCN1C(C)c2cc(-c3ccc(-c4c[nH]c5cc(F)ccc45)cc3)ccc2S1(O)O. The van der Waals surface area contributed by atoms with Gasteiger partial charge in [0.15, 0.2) is 0 Å². The molecule has 1 aliphatic heterocycles. The van der Waals surface area contributed by atoms with Crippen molar-refractivity contribution in [2.75, 3.05) is 13.6 Å². The minimum Gasteiger partial charge on any atom is -0.360 e. The van der Waals surface area contributed by atoms with Crippen molar-refractivity contribution in [3.8, 4) is 22.3 Å². The van der Waals surface area contributed by atoms with Gasteiger partial charge in [0.05, 0.1) is 10.9 Å². The van der Waals surface area contributed by atoms with Crippen molar-refractivity contribution in [3.63, 3.8) is 0 Å². The number of rotatable bonds is 5. The molecule has 6 nitrogen and oxygen atoms in total. The Morgan fingerprint density at radius 1 is 1.06 bits per heavy atom. The number of carbonyl (C=O) groups is 1. The molecule has 1 unspecified atom stereocenters. The fraction of sp³-hybridized carbons (Fsp3) is 0.192. The first kappa shape index (κ1) is 22.6. The molecule has 0 fully saturated rings. The van der Waals surface area contributed by atoms with Crippen molar-refractivity contribution in [1.29, 1.82) is 0 Å². The Morgan fingerprint density at radius 2 is 1.76 bits per heavy atom. The van der Waals surface area contributed by atoms with E-state index in [4.69, 9.17) is 0 Å². The molecule has 0 saturated heterocycles. The Morgan fingerprint density at radius 3 is 2.50 bits per heavy atom. The molecule has 3 aromatic carbocycles. The summed E-state index contributed by atoms with van der Waals surface area (Å²) >= 11 is 0. The molecule has 4 aromatic rings. The monoisotopic (exact) mass is 479 g/mol. The third-order valence-electron chi connectivity index (χ3n) is 6.53. The molecule has 0 spiro atoms. The number of fused-ring (bicyclic) bond motifs is 2. The molecule has 0 bridgehead atoms. The molecule has 1 amide bonds. The van der Waals surface area contributed by atoms with E-state index >= 15 is 0 Å². The Bertz CT molecular complexity index is 1380. The van der Waals surface area contributed by atoms with Crippen molar-refractivity contribution in [3.05, 3.63) is 78.2 Å². The molecular weight excluding hydrogens is 453 g/mol. The predicted molar refractivity (Wildman–Crippen MR) is 134 cm³/mol. The van der Waals surface area contributed by atoms with Gasteiger partial charge in [-0.2, -0.15) is 4.31 Å². The largest absolute Gasteiger partial charge is 0.360 e. The second kappa shape index (κ2) is 8.56. The van der Waals surface area contributed by atoms with Gasteiger partial charge in [-0.1, -0.05) is 30.3 Å². The summed E-state index contributed by atoms with van der Waals surface area (Å²) in [6, 6.07) is 18.3. The summed E-state index contributed by atoms with van der Waals surface area (Å²) in [5, 5.41) is 3.53. The molecule has 5 rings (SSSR count). The zero-order valence-electron chi connectivity index (χ0n) is 18.9. The molecule has 1 aromatic heterocycles. The highest BCUT2D eigenvalue weighted by molar-refractivity contribution is 8.22. The van der Waals surface area contributed by atoms with Gasteiger partial charge in [0.2, 0.25) is 5.91 Å². The minimum absolute atomic E-state index is 0.139. The molecule has 1 aliphatic rings. The predicted octanol–water partition coefficient (Wildman–Crippen LogP) is 6.18. The van der Waals surface area contributed by atoms with E-state index in [0.717, 1.165) is 38.7 Å². The number of nitrogens with zero attached hydrogens (tertiary/aromatic N) is 1. The van der Waals surface area contributed by atoms with Crippen LogP contribution in [0.4, 0.5) is 4.39 Å². The third kappa shape index (κ3) is 3.78. The molecule has 176 valence electrons. The number of hydrogen-bond acceptors (Lipinski definition) is 4. The van der Waals surface area contributed by atoms with E-state index in [0.29, 0.717) is 4.90 Å². The van der Waals surface area contributed by atoms with Crippen LogP contribution in [0.5, 0.6) is 0 Å². The number of aromatic amines is 1. The van der Waals surface area contributed by atoms with Gasteiger partial charge in [0.25, 0.3) is 0 Å². The molecule has 1 atom stereocenters. The number of halogens is 1. The lowest BCUT2D eigenvalue weighted by atomic mass is 9.97. The van der Waals surface area contributed by atoms with Crippen LogP contribution in [0.2, 0.25) is 0 Å². The quantitative estimate of drug-likeness (QED) is 0.275. The maximum Gasteiger partial charge on any atom is 0.221 e. The Labute approximate surface area is 198 Å². The average molecular weight is 480 g/mol. The summed E-state index contributed by atoms with van der Waals surface area (Å²) in [5.41, 5.74) is 5.62. The van der Waals surface area contributed by atoms with Gasteiger partial charge in [-0.3, -0.25) is 13.9 Å². The van der Waals surface area contributed by atoms with Gasteiger partial charge in [0.1, 0.15) is 5.82 Å². The van der Waals surface area contributed by atoms with Crippen LogP contribution in [-0.2, 0) is 4.79 Å². The van der Waals surface area contributed by atoms with Gasteiger partial charge in [-0.05, 0) is 59.5 Å². The first-order valence-electron chi connectivity index (χ1n) is 11.1. The van der Waals surface area contributed by atoms with Gasteiger partial charge in [-0.15, -0.1) is 10.8 Å². The number of aromatic nitrogens is 1. The van der Waals surface area contributed by atoms with Crippen molar-refractivity contribution in [2.24, 2.45) is 0 Å². The van der Waals surface area contributed by atoms with Crippen LogP contribution in [0.25, 0.3) is 33.2 Å². The van der Waals surface area contributed by atoms with Gasteiger partial charge in [0, 0.05) is 42.7 Å². The maximum atomic E-state index is 13.5. The summed E-state index contributed by atoms with van der Waals surface area (Å²) in [5.74, 6) is -0.412. The number of amides is 1. The van der Waals surface area contributed by atoms with E-state index in [1.807, 2.05) is 49.5 Å². The lowest BCUT2D eigenvalue weighted by Crippen LogP contribution is -2.29. The van der Waals surface area contributed by atoms with Gasteiger partial charge >= 0.3 is 0 Å². The highest BCUT2D eigenvalue weighted by Gasteiger charge is 2.40. The molecule has 0 aliphatic carbocycles. The van der Waals surface area contributed by atoms with Crippen LogP contribution in [0.15, 0.2) is 71.8 Å². The molecule has 2 heterocycles. The van der Waals surface area contributed by atoms with Crippen LogP contribution >= 0.6 is 10.8 Å². The summed E-state index contributed by atoms with van der Waals surface area (Å²) in [7, 11) is -1.57. The Kier molecular flexibility index (Phi) is 5.69. The molecule has 0 radical (unpaired) electrons. The highest BCUT2D eigenvalue weighted by atomic mass is 32.3. The molecule has 8 heteroatoms. The van der Waals surface area contributed by atoms with E-state index in [9.17, 15) is 18.3 Å². The van der Waals surface area contributed by atoms with Crippen molar-refractivity contribution < 1.29 is 18.3 Å². The first-order chi connectivity index (χ1) is 16.3. The molecule has 0 saturated carbocycles. The summed E-state index contributed by atoms with van der Waals surface area (Å²) < 4.78 is 36.9. The fourth-order valence-electron chi connectivity index (χ4n) is 4.64. The van der Waals surface area contributed by atoms with Gasteiger partial charge in [-0.25, -0.2) is 4.39 Å². The number of hydrogen-bond donors (Lipinski definition) is 4. The van der Waals surface area contributed by atoms with Gasteiger partial charge < -0.3 is 10.3 Å². The summed E-state index contributed by atoms with van der Waals surface area (Å²) in [6.45, 7) is 2.19. The number of H-pyrrole nitrogens is 1. The van der Waals surface area contributed by atoms with Crippen molar-refractivity contribution in [1.82, 2.24) is 14.6 Å². The maximum absolute atomic E-state index is 13.5. The van der Waals surface area contributed by atoms with E-state index in [1.54, 1.807) is 23.5 Å². The van der Waals surface area contributed by atoms with E-state index < -0.39 is 10.8 Å². The summed E-state index contributed by atoms with van der Waals surface area (Å²) in [4.78, 5) is 15.3. The molecular formula is C26H26FN3O3S. The van der Waals surface area contributed by atoms with Crippen molar-refractivity contribution in [2.45, 2.75) is 24.3 Å². The third-order valence-corrected chi connectivity index (χ3v) is 8.64. The second-order valence-corrected chi connectivity index (χ2v) is 10.4. The minimum atomic E-state index is -3.14. The second-order valence-electron chi connectivity index (χ2n) is 8.48.